The molecule has 1 aliphatic heterocycles. The number of hydrogen-bond acceptors (Lipinski definition) is 3. The minimum atomic E-state index is -0.418. The summed E-state index contributed by atoms with van der Waals surface area (Å²) in [4.78, 5) is 14.9. The van der Waals surface area contributed by atoms with Crippen molar-refractivity contribution in [3.05, 3.63) is 69.2 Å². The molecule has 0 bridgehead atoms. The first-order chi connectivity index (χ1) is 11.5. The highest BCUT2D eigenvalue weighted by Crippen LogP contribution is 2.37. The van der Waals surface area contributed by atoms with E-state index < -0.39 is 5.82 Å². The lowest BCUT2D eigenvalue weighted by Crippen LogP contribution is -2.36. The molecule has 1 unspecified atom stereocenters. The van der Waals surface area contributed by atoms with Crippen LogP contribution in [0.25, 0.3) is 10.1 Å². The van der Waals surface area contributed by atoms with Crippen LogP contribution in [-0.2, 0) is 6.42 Å². The van der Waals surface area contributed by atoms with Gasteiger partial charge in [-0.3, -0.25) is 4.79 Å². The Balaban J connectivity index is 1.94. The fraction of sp³-hybridized carbons (Fsp3) is 0.211. The van der Waals surface area contributed by atoms with E-state index in [0.717, 1.165) is 28.8 Å². The lowest BCUT2D eigenvalue weighted by molar-refractivity contribution is 0.598. The van der Waals surface area contributed by atoms with Gasteiger partial charge in [0.15, 0.2) is 0 Å². The van der Waals surface area contributed by atoms with Crippen molar-refractivity contribution in [1.29, 1.82) is 0 Å². The normalized spacial score (nSPS) is 17.1. The van der Waals surface area contributed by atoms with E-state index in [0.29, 0.717) is 11.1 Å². The number of hydrogen-bond donors (Lipinski definition) is 0. The molecule has 0 fully saturated rings. The molecule has 122 valence electrons. The molecule has 1 aliphatic rings. The minimum absolute atomic E-state index is 0.119. The second-order valence-corrected chi connectivity index (χ2v) is 7.03. The third-order valence-electron chi connectivity index (χ3n) is 4.55. The van der Waals surface area contributed by atoms with Crippen LogP contribution in [0.5, 0.6) is 0 Å². The predicted molar refractivity (Wildman–Crippen MR) is 94.4 cm³/mol. The average molecular weight is 343 g/mol. The van der Waals surface area contributed by atoms with Gasteiger partial charge >= 0.3 is 0 Å². The third-order valence-corrected chi connectivity index (χ3v) is 5.50. The Hall–Kier alpha value is -2.27. The first kappa shape index (κ1) is 15.3. The zero-order valence-electron chi connectivity index (χ0n) is 13.1. The van der Waals surface area contributed by atoms with Crippen LogP contribution >= 0.6 is 11.3 Å². The third kappa shape index (κ3) is 2.40. The van der Waals surface area contributed by atoms with Crippen LogP contribution in [0.15, 0.2) is 46.6 Å². The second kappa shape index (κ2) is 5.67. The van der Waals surface area contributed by atoms with Crippen LogP contribution in [-0.4, -0.2) is 6.04 Å². The lowest BCUT2D eigenvalue weighted by Gasteiger charge is -2.36. The standard InChI is InChI=1S/C19H15F2NOS/c1-11-2-3-12-8-13(20)4-6-16(12)22(11)17-10-24-18-7-5-14(21)9-15(18)19(17)23/h4-11H,2-3H2,1H3. The molecule has 4 rings (SSSR count). The van der Waals surface area contributed by atoms with Gasteiger partial charge in [0.2, 0.25) is 5.43 Å². The number of anilines is 2. The summed E-state index contributed by atoms with van der Waals surface area (Å²) in [5.41, 5.74) is 2.09. The molecule has 2 nitrogen and oxygen atoms in total. The molecule has 0 saturated heterocycles. The van der Waals surface area contributed by atoms with Gasteiger partial charge in [0.05, 0.1) is 0 Å². The average Bonchev–Trinajstić information content (AvgIpc) is 2.57. The molecule has 0 radical (unpaired) electrons. The van der Waals surface area contributed by atoms with Gasteiger partial charge in [-0.1, -0.05) is 0 Å². The quantitative estimate of drug-likeness (QED) is 0.619. The maximum absolute atomic E-state index is 13.6. The van der Waals surface area contributed by atoms with E-state index in [1.807, 2.05) is 17.2 Å². The number of fused-ring (bicyclic) bond motifs is 2. The largest absolute Gasteiger partial charge is 0.335 e. The zero-order valence-corrected chi connectivity index (χ0v) is 13.9. The highest BCUT2D eigenvalue weighted by molar-refractivity contribution is 7.16. The summed E-state index contributed by atoms with van der Waals surface area (Å²) in [6, 6.07) is 9.07. The van der Waals surface area contributed by atoms with E-state index in [2.05, 4.69) is 0 Å². The van der Waals surface area contributed by atoms with Crippen LogP contribution in [0.1, 0.15) is 18.9 Å². The van der Waals surface area contributed by atoms with Gasteiger partial charge in [0, 0.05) is 27.2 Å². The summed E-state index contributed by atoms with van der Waals surface area (Å²) in [5.74, 6) is -0.688. The number of nitrogens with zero attached hydrogens (tertiary/aromatic N) is 1. The van der Waals surface area contributed by atoms with E-state index in [-0.39, 0.29) is 17.3 Å². The van der Waals surface area contributed by atoms with Gasteiger partial charge < -0.3 is 4.90 Å². The molecule has 1 aromatic heterocycles. The first-order valence-electron chi connectivity index (χ1n) is 7.83. The summed E-state index contributed by atoms with van der Waals surface area (Å²) < 4.78 is 27.9. The van der Waals surface area contributed by atoms with Crippen LogP contribution in [0, 0.1) is 11.6 Å². The predicted octanol–water partition coefficient (Wildman–Crippen LogP) is 5.01. The van der Waals surface area contributed by atoms with Gasteiger partial charge in [-0.2, -0.15) is 0 Å². The number of benzene rings is 2. The smallest absolute Gasteiger partial charge is 0.211 e. The topological polar surface area (TPSA) is 20.3 Å². The van der Waals surface area contributed by atoms with Gasteiger partial charge in [0.1, 0.15) is 17.3 Å². The Labute approximate surface area is 142 Å². The Kier molecular flexibility index (Phi) is 3.61. The van der Waals surface area contributed by atoms with Crippen molar-refractivity contribution in [2.24, 2.45) is 0 Å². The molecule has 5 heteroatoms. The van der Waals surface area contributed by atoms with Crippen molar-refractivity contribution in [2.45, 2.75) is 25.8 Å². The molecule has 1 atom stereocenters. The lowest BCUT2D eigenvalue weighted by atomic mass is 9.96. The second-order valence-electron chi connectivity index (χ2n) is 6.12. The molecule has 0 N–H and O–H groups in total. The fourth-order valence-electron chi connectivity index (χ4n) is 3.35. The van der Waals surface area contributed by atoms with Crippen molar-refractivity contribution >= 4 is 32.8 Å². The first-order valence-corrected chi connectivity index (χ1v) is 8.71. The highest BCUT2D eigenvalue weighted by atomic mass is 32.1. The molecule has 0 spiro atoms. The monoisotopic (exact) mass is 343 g/mol. The van der Waals surface area contributed by atoms with Gasteiger partial charge in [-0.25, -0.2) is 8.78 Å². The number of halogens is 2. The fourth-order valence-corrected chi connectivity index (χ4v) is 4.23. The van der Waals surface area contributed by atoms with Gasteiger partial charge in [0.25, 0.3) is 0 Å². The maximum atomic E-state index is 13.6. The Bertz CT molecular complexity index is 998. The van der Waals surface area contributed by atoms with Crippen LogP contribution in [0.3, 0.4) is 0 Å². The van der Waals surface area contributed by atoms with Crippen molar-refractivity contribution in [3.8, 4) is 0 Å². The molecule has 2 aromatic carbocycles. The number of aryl methyl sites for hydroxylation is 1. The summed E-state index contributed by atoms with van der Waals surface area (Å²) in [6.07, 6.45) is 1.62. The van der Waals surface area contributed by atoms with E-state index >= 15 is 0 Å². The SMILES string of the molecule is CC1CCc2cc(F)ccc2N1c1csc2ccc(F)cc2c1=O. The summed E-state index contributed by atoms with van der Waals surface area (Å²) in [7, 11) is 0. The van der Waals surface area contributed by atoms with Crippen LogP contribution in [0.4, 0.5) is 20.2 Å². The highest BCUT2D eigenvalue weighted by Gasteiger charge is 2.27. The zero-order chi connectivity index (χ0) is 16.8. The van der Waals surface area contributed by atoms with Crippen molar-refractivity contribution in [3.63, 3.8) is 0 Å². The molecule has 24 heavy (non-hydrogen) atoms. The van der Waals surface area contributed by atoms with Crippen molar-refractivity contribution in [1.82, 2.24) is 0 Å². The summed E-state index contributed by atoms with van der Waals surface area (Å²) >= 11 is 1.42. The minimum Gasteiger partial charge on any atom is -0.335 e. The summed E-state index contributed by atoms with van der Waals surface area (Å²) in [5, 5.41) is 2.20. The van der Waals surface area contributed by atoms with Crippen LogP contribution in [0.2, 0.25) is 0 Å². The number of rotatable bonds is 1. The van der Waals surface area contributed by atoms with Crippen molar-refractivity contribution < 1.29 is 8.78 Å². The molecule has 0 saturated carbocycles. The molecule has 2 heterocycles. The Morgan fingerprint density at radius 2 is 1.83 bits per heavy atom. The van der Waals surface area contributed by atoms with E-state index in [1.165, 1.54) is 35.6 Å². The van der Waals surface area contributed by atoms with E-state index in [4.69, 9.17) is 0 Å². The van der Waals surface area contributed by atoms with E-state index in [1.54, 1.807) is 12.1 Å². The Morgan fingerprint density at radius 3 is 2.67 bits per heavy atom. The van der Waals surface area contributed by atoms with Gasteiger partial charge in [-0.15, -0.1) is 11.3 Å². The molecule has 0 amide bonds. The van der Waals surface area contributed by atoms with Gasteiger partial charge in [-0.05, 0) is 61.7 Å². The molecule has 0 aliphatic carbocycles. The molecular formula is C19H15F2NOS. The van der Waals surface area contributed by atoms with Crippen LogP contribution < -0.4 is 10.3 Å². The Morgan fingerprint density at radius 1 is 1.08 bits per heavy atom. The summed E-state index contributed by atoms with van der Waals surface area (Å²) in [6.45, 7) is 2.05. The molecule has 3 aromatic rings. The maximum Gasteiger partial charge on any atom is 0.211 e. The van der Waals surface area contributed by atoms with Crippen molar-refractivity contribution in [2.75, 3.05) is 4.90 Å². The van der Waals surface area contributed by atoms with E-state index in [9.17, 15) is 13.6 Å². The molecular weight excluding hydrogens is 328 g/mol.